The van der Waals surface area contributed by atoms with Crippen molar-refractivity contribution in [3.05, 3.63) is 54.0 Å². The van der Waals surface area contributed by atoms with Gasteiger partial charge in [-0.3, -0.25) is 4.79 Å². The summed E-state index contributed by atoms with van der Waals surface area (Å²) >= 11 is 0. The molecule has 0 unspecified atom stereocenters. The van der Waals surface area contributed by atoms with Crippen LogP contribution in [0, 0.1) is 5.82 Å². The van der Waals surface area contributed by atoms with E-state index in [0.717, 1.165) is 0 Å². The molecule has 0 aliphatic carbocycles. The van der Waals surface area contributed by atoms with Gasteiger partial charge in [0.1, 0.15) is 17.3 Å². The molecule has 2 aromatic rings. The second kappa shape index (κ2) is 5.48. The highest BCUT2D eigenvalue weighted by molar-refractivity contribution is 6.03. The molecule has 1 aromatic carbocycles. The Morgan fingerprint density at radius 1 is 1.21 bits per heavy atom. The van der Waals surface area contributed by atoms with Crippen molar-refractivity contribution in [2.75, 3.05) is 24.3 Å². The molecule has 4 nitrogen and oxygen atoms in total. The predicted octanol–water partition coefficient (Wildman–Crippen LogP) is 2.54. The Kier molecular flexibility index (Phi) is 3.75. The van der Waals surface area contributed by atoms with Crippen molar-refractivity contribution in [1.29, 1.82) is 0 Å². The average Bonchev–Trinajstić information content (AvgIpc) is 2.39. The molecule has 0 aliphatic rings. The average molecular weight is 259 g/mol. The minimum Gasteiger partial charge on any atom is -0.363 e. The molecule has 0 atom stereocenters. The molecule has 0 bridgehead atoms. The fourth-order valence-electron chi connectivity index (χ4n) is 1.56. The first kappa shape index (κ1) is 13.0. The molecule has 0 saturated heterocycles. The summed E-state index contributed by atoms with van der Waals surface area (Å²) in [6.07, 6.45) is 0. The van der Waals surface area contributed by atoms with Crippen LogP contribution >= 0.6 is 0 Å². The van der Waals surface area contributed by atoms with Gasteiger partial charge >= 0.3 is 0 Å². The predicted molar refractivity (Wildman–Crippen MR) is 72.9 cm³/mol. The van der Waals surface area contributed by atoms with Crippen LogP contribution in [0.3, 0.4) is 0 Å². The third kappa shape index (κ3) is 3.28. The smallest absolute Gasteiger partial charge is 0.274 e. The van der Waals surface area contributed by atoms with Crippen molar-refractivity contribution >= 4 is 17.4 Å². The van der Waals surface area contributed by atoms with Gasteiger partial charge in [0.15, 0.2) is 0 Å². The Balaban J connectivity index is 2.18. The van der Waals surface area contributed by atoms with E-state index >= 15 is 0 Å². The third-order valence-electron chi connectivity index (χ3n) is 2.51. The molecule has 0 aliphatic heterocycles. The van der Waals surface area contributed by atoms with Crippen molar-refractivity contribution in [2.45, 2.75) is 0 Å². The number of anilines is 2. The fraction of sp³-hybridized carbons (Fsp3) is 0.143. The lowest BCUT2D eigenvalue weighted by molar-refractivity contribution is 0.102. The summed E-state index contributed by atoms with van der Waals surface area (Å²) in [4.78, 5) is 18.0. The van der Waals surface area contributed by atoms with Crippen molar-refractivity contribution in [3.8, 4) is 0 Å². The Morgan fingerprint density at radius 3 is 2.63 bits per heavy atom. The molecular weight excluding hydrogens is 245 g/mol. The molecule has 2 rings (SSSR count). The normalized spacial score (nSPS) is 10.1. The molecule has 1 N–H and O–H groups in total. The number of hydrogen-bond donors (Lipinski definition) is 1. The molecular formula is C14H14FN3O. The monoisotopic (exact) mass is 259 g/mol. The van der Waals surface area contributed by atoms with Crippen LogP contribution in [0.5, 0.6) is 0 Å². The van der Waals surface area contributed by atoms with E-state index < -0.39 is 5.82 Å². The van der Waals surface area contributed by atoms with Crippen LogP contribution < -0.4 is 10.2 Å². The van der Waals surface area contributed by atoms with Crippen LogP contribution in [0.25, 0.3) is 0 Å². The van der Waals surface area contributed by atoms with Crippen molar-refractivity contribution < 1.29 is 9.18 Å². The fourth-order valence-corrected chi connectivity index (χ4v) is 1.56. The molecule has 98 valence electrons. The summed E-state index contributed by atoms with van der Waals surface area (Å²) in [7, 11) is 3.69. The quantitative estimate of drug-likeness (QED) is 0.921. The molecule has 1 heterocycles. The van der Waals surface area contributed by atoms with Crippen LogP contribution in [-0.4, -0.2) is 25.0 Å². The Labute approximate surface area is 110 Å². The van der Waals surface area contributed by atoms with Gasteiger partial charge in [-0.15, -0.1) is 0 Å². The lowest BCUT2D eigenvalue weighted by Crippen LogP contribution is -2.17. The lowest BCUT2D eigenvalue weighted by atomic mass is 10.3. The van der Waals surface area contributed by atoms with Gasteiger partial charge in [-0.2, -0.15) is 0 Å². The first-order valence-corrected chi connectivity index (χ1v) is 5.77. The standard InChI is InChI=1S/C14H14FN3O/c1-18(2)13-8-4-7-12(17-13)14(19)16-11-6-3-5-10(15)9-11/h3-9H,1-2H3,(H,16,19). The highest BCUT2D eigenvalue weighted by atomic mass is 19.1. The topological polar surface area (TPSA) is 45.2 Å². The largest absolute Gasteiger partial charge is 0.363 e. The third-order valence-corrected chi connectivity index (χ3v) is 2.51. The SMILES string of the molecule is CN(C)c1cccc(C(=O)Nc2cccc(F)c2)n1. The maximum absolute atomic E-state index is 13.0. The highest BCUT2D eigenvalue weighted by Crippen LogP contribution is 2.12. The Morgan fingerprint density at radius 2 is 1.95 bits per heavy atom. The van der Waals surface area contributed by atoms with Gasteiger partial charge in [0.05, 0.1) is 0 Å². The summed E-state index contributed by atoms with van der Waals surface area (Å²) in [6.45, 7) is 0. The van der Waals surface area contributed by atoms with Crippen molar-refractivity contribution in [2.24, 2.45) is 0 Å². The van der Waals surface area contributed by atoms with Crippen LogP contribution in [-0.2, 0) is 0 Å². The van der Waals surface area contributed by atoms with Crippen LogP contribution in [0.15, 0.2) is 42.5 Å². The van der Waals surface area contributed by atoms with Gasteiger partial charge in [0, 0.05) is 19.8 Å². The van der Waals surface area contributed by atoms with E-state index in [2.05, 4.69) is 10.3 Å². The Bertz CT molecular complexity index is 599. The number of pyridine rings is 1. The van der Waals surface area contributed by atoms with Gasteiger partial charge in [-0.05, 0) is 30.3 Å². The lowest BCUT2D eigenvalue weighted by Gasteiger charge is -2.12. The molecule has 0 spiro atoms. The van der Waals surface area contributed by atoms with E-state index in [0.29, 0.717) is 11.5 Å². The van der Waals surface area contributed by atoms with Gasteiger partial charge < -0.3 is 10.2 Å². The van der Waals surface area contributed by atoms with Crippen LogP contribution in [0.4, 0.5) is 15.9 Å². The minimum absolute atomic E-state index is 0.287. The summed E-state index contributed by atoms with van der Waals surface area (Å²) in [5.41, 5.74) is 0.692. The zero-order chi connectivity index (χ0) is 13.8. The van der Waals surface area contributed by atoms with E-state index in [-0.39, 0.29) is 11.6 Å². The molecule has 0 radical (unpaired) electrons. The summed E-state index contributed by atoms with van der Waals surface area (Å²) in [5.74, 6) is -0.0750. The molecule has 0 fully saturated rings. The van der Waals surface area contributed by atoms with Crippen LogP contribution in [0.2, 0.25) is 0 Å². The maximum atomic E-state index is 13.0. The zero-order valence-electron chi connectivity index (χ0n) is 10.7. The van der Waals surface area contributed by atoms with Gasteiger partial charge in [-0.25, -0.2) is 9.37 Å². The van der Waals surface area contributed by atoms with Crippen molar-refractivity contribution in [3.63, 3.8) is 0 Å². The number of hydrogen-bond acceptors (Lipinski definition) is 3. The highest BCUT2D eigenvalue weighted by Gasteiger charge is 2.09. The number of carbonyl (C=O) groups excluding carboxylic acids is 1. The molecule has 19 heavy (non-hydrogen) atoms. The molecule has 1 aromatic heterocycles. The second-order valence-electron chi connectivity index (χ2n) is 4.24. The van der Waals surface area contributed by atoms with Gasteiger partial charge in [-0.1, -0.05) is 12.1 Å². The first-order chi connectivity index (χ1) is 9.06. The number of rotatable bonds is 3. The molecule has 1 amide bonds. The number of halogens is 1. The van der Waals surface area contributed by atoms with Gasteiger partial charge in [0.25, 0.3) is 5.91 Å². The van der Waals surface area contributed by atoms with Crippen LogP contribution in [0.1, 0.15) is 10.5 Å². The second-order valence-corrected chi connectivity index (χ2v) is 4.24. The zero-order valence-corrected chi connectivity index (χ0v) is 10.7. The van der Waals surface area contributed by atoms with E-state index in [1.807, 2.05) is 14.1 Å². The summed E-state index contributed by atoms with van der Waals surface area (Å²) < 4.78 is 13.0. The number of carbonyl (C=O) groups is 1. The first-order valence-electron chi connectivity index (χ1n) is 5.77. The number of aromatic nitrogens is 1. The van der Waals surface area contributed by atoms with E-state index in [1.54, 1.807) is 29.2 Å². The minimum atomic E-state index is -0.396. The number of amides is 1. The van der Waals surface area contributed by atoms with E-state index in [1.165, 1.54) is 18.2 Å². The number of benzene rings is 1. The number of nitrogens with zero attached hydrogens (tertiary/aromatic N) is 2. The molecule has 0 saturated carbocycles. The summed E-state index contributed by atoms with van der Waals surface area (Å²) in [5, 5.41) is 2.61. The maximum Gasteiger partial charge on any atom is 0.274 e. The van der Waals surface area contributed by atoms with E-state index in [9.17, 15) is 9.18 Å². The molecule has 5 heteroatoms. The van der Waals surface area contributed by atoms with Crippen molar-refractivity contribution in [1.82, 2.24) is 4.98 Å². The van der Waals surface area contributed by atoms with Gasteiger partial charge in [0.2, 0.25) is 0 Å². The summed E-state index contributed by atoms with van der Waals surface area (Å²) in [6, 6.07) is 10.9. The van der Waals surface area contributed by atoms with E-state index in [4.69, 9.17) is 0 Å². The number of nitrogens with one attached hydrogen (secondary N) is 1. The Hall–Kier alpha value is -2.43.